The number of aromatic nitrogens is 3. The molecule has 0 N–H and O–H groups in total. The molecule has 0 bridgehead atoms. The van der Waals surface area contributed by atoms with Crippen molar-refractivity contribution >= 4 is 21.6 Å². The van der Waals surface area contributed by atoms with Crippen LogP contribution in [0.15, 0.2) is 70.3 Å². The smallest absolute Gasteiger partial charge is 0.298 e. The van der Waals surface area contributed by atoms with Crippen molar-refractivity contribution in [2.24, 2.45) is 0 Å². The van der Waals surface area contributed by atoms with E-state index in [2.05, 4.69) is 27.0 Å². The maximum Gasteiger partial charge on any atom is 0.298 e. The van der Waals surface area contributed by atoms with Gasteiger partial charge in [0.05, 0.1) is 11.4 Å². The molecule has 0 unspecified atom stereocenters. The van der Waals surface area contributed by atoms with Gasteiger partial charge < -0.3 is 4.40 Å². The van der Waals surface area contributed by atoms with Gasteiger partial charge in [0.1, 0.15) is 0 Å². The summed E-state index contributed by atoms with van der Waals surface area (Å²) in [5.74, 6) is 0. The number of fused-ring (bicyclic) bond motifs is 1. The Kier molecular flexibility index (Phi) is 3.81. The van der Waals surface area contributed by atoms with Crippen LogP contribution in [0, 0.1) is 13.8 Å². The summed E-state index contributed by atoms with van der Waals surface area (Å²) in [7, 11) is 0. The van der Waals surface area contributed by atoms with E-state index in [0.29, 0.717) is 5.65 Å². The van der Waals surface area contributed by atoms with Crippen LogP contribution in [0.25, 0.3) is 22.6 Å². The zero-order chi connectivity index (χ0) is 17.6. The third-order valence-corrected chi connectivity index (χ3v) is 4.80. The molecule has 0 amide bonds. The summed E-state index contributed by atoms with van der Waals surface area (Å²) in [5, 5.41) is 0. The Morgan fingerprint density at radius 3 is 2.48 bits per heavy atom. The first kappa shape index (κ1) is 15.8. The SMILES string of the molecule is Cc1ccc(-n2ccn3cc(-c4ccc(Br)cc4)nc3c2=O)c(C)c1. The zero-order valence-corrected chi connectivity index (χ0v) is 15.5. The average Bonchev–Trinajstić information content (AvgIpc) is 3.02. The summed E-state index contributed by atoms with van der Waals surface area (Å²) in [6.45, 7) is 4.06. The van der Waals surface area contributed by atoms with Crippen molar-refractivity contribution in [3.8, 4) is 16.9 Å². The molecule has 0 aliphatic rings. The van der Waals surface area contributed by atoms with E-state index in [0.717, 1.165) is 27.0 Å². The number of imidazole rings is 1. The molecule has 5 heteroatoms. The molecule has 0 saturated heterocycles. The topological polar surface area (TPSA) is 39.3 Å². The van der Waals surface area contributed by atoms with Crippen LogP contribution in [0.4, 0.5) is 0 Å². The number of hydrogen-bond donors (Lipinski definition) is 0. The van der Waals surface area contributed by atoms with Crippen molar-refractivity contribution in [2.45, 2.75) is 13.8 Å². The van der Waals surface area contributed by atoms with Gasteiger partial charge in [0.2, 0.25) is 5.65 Å². The number of rotatable bonds is 2. The predicted octanol–water partition coefficient (Wildman–Crippen LogP) is 4.53. The molecule has 0 aliphatic carbocycles. The monoisotopic (exact) mass is 393 g/mol. The first-order valence-electron chi connectivity index (χ1n) is 7.97. The molecule has 2 aromatic heterocycles. The fraction of sp³-hybridized carbons (Fsp3) is 0.100. The van der Waals surface area contributed by atoms with Crippen LogP contribution >= 0.6 is 15.9 Å². The van der Waals surface area contributed by atoms with E-state index in [1.807, 2.05) is 62.6 Å². The van der Waals surface area contributed by atoms with Crippen LogP contribution in [-0.4, -0.2) is 14.0 Å². The summed E-state index contributed by atoms with van der Waals surface area (Å²) in [4.78, 5) is 17.5. The quantitative estimate of drug-likeness (QED) is 0.501. The lowest BCUT2D eigenvalue weighted by Crippen LogP contribution is -2.20. The van der Waals surface area contributed by atoms with Gasteiger partial charge in [-0.1, -0.05) is 45.8 Å². The fourth-order valence-corrected chi connectivity index (χ4v) is 3.27. The maximum absolute atomic E-state index is 12.9. The zero-order valence-electron chi connectivity index (χ0n) is 13.9. The molecule has 0 saturated carbocycles. The largest absolute Gasteiger partial charge is 0.300 e. The Labute approximate surface area is 153 Å². The summed E-state index contributed by atoms with van der Waals surface area (Å²) < 4.78 is 4.44. The van der Waals surface area contributed by atoms with Crippen LogP contribution in [0.3, 0.4) is 0 Å². The Morgan fingerprint density at radius 2 is 1.76 bits per heavy atom. The van der Waals surface area contributed by atoms with Crippen LogP contribution in [-0.2, 0) is 0 Å². The molecule has 0 aliphatic heterocycles. The first-order chi connectivity index (χ1) is 12.0. The van der Waals surface area contributed by atoms with Crippen LogP contribution in [0.2, 0.25) is 0 Å². The highest BCUT2D eigenvalue weighted by atomic mass is 79.9. The summed E-state index contributed by atoms with van der Waals surface area (Å²) in [6.07, 6.45) is 5.54. The minimum Gasteiger partial charge on any atom is -0.300 e. The van der Waals surface area contributed by atoms with Gasteiger partial charge >= 0.3 is 0 Å². The normalized spacial score (nSPS) is 11.2. The van der Waals surface area contributed by atoms with Crippen molar-refractivity contribution in [1.82, 2.24) is 14.0 Å². The molecule has 4 nitrogen and oxygen atoms in total. The lowest BCUT2D eigenvalue weighted by atomic mass is 10.1. The molecule has 0 spiro atoms. The molecule has 4 rings (SSSR count). The standard InChI is InChI=1S/C20H16BrN3O/c1-13-3-8-18(14(2)11-13)24-10-9-23-12-17(22-19(23)20(24)25)15-4-6-16(21)7-5-15/h3-12H,1-2H3. The van der Waals surface area contributed by atoms with Gasteiger partial charge in [-0.3, -0.25) is 9.36 Å². The van der Waals surface area contributed by atoms with Crippen LogP contribution in [0.1, 0.15) is 11.1 Å². The van der Waals surface area contributed by atoms with Gasteiger partial charge in [-0.05, 0) is 37.6 Å². The van der Waals surface area contributed by atoms with Crippen LogP contribution in [0.5, 0.6) is 0 Å². The van der Waals surface area contributed by atoms with Gasteiger partial charge in [0, 0.05) is 28.6 Å². The van der Waals surface area contributed by atoms with E-state index < -0.39 is 0 Å². The highest BCUT2D eigenvalue weighted by Gasteiger charge is 2.11. The fourth-order valence-electron chi connectivity index (χ4n) is 3.00. The summed E-state index contributed by atoms with van der Waals surface area (Å²) >= 11 is 3.43. The Morgan fingerprint density at radius 1 is 1.00 bits per heavy atom. The van der Waals surface area contributed by atoms with E-state index in [4.69, 9.17) is 0 Å². The van der Waals surface area contributed by atoms with E-state index in [9.17, 15) is 4.79 Å². The molecule has 4 aromatic rings. The molecule has 0 fully saturated rings. The van der Waals surface area contributed by atoms with Crippen molar-refractivity contribution in [2.75, 3.05) is 0 Å². The summed E-state index contributed by atoms with van der Waals surface area (Å²) in [5.41, 5.74) is 5.16. The lowest BCUT2D eigenvalue weighted by molar-refractivity contribution is 0.940. The van der Waals surface area contributed by atoms with Crippen molar-refractivity contribution < 1.29 is 0 Å². The molecule has 2 aromatic carbocycles. The first-order valence-corrected chi connectivity index (χ1v) is 8.76. The van der Waals surface area contributed by atoms with Crippen LogP contribution < -0.4 is 5.56 Å². The van der Waals surface area contributed by atoms with E-state index >= 15 is 0 Å². The molecule has 0 radical (unpaired) electrons. The van der Waals surface area contributed by atoms with Crippen molar-refractivity contribution in [3.05, 3.63) is 87.0 Å². The van der Waals surface area contributed by atoms with E-state index in [1.54, 1.807) is 15.2 Å². The van der Waals surface area contributed by atoms with Gasteiger partial charge in [0.25, 0.3) is 5.56 Å². The molecule has 124 valence electrons. The average molecular weight is 394 g/mol. The number of benzene rings is 2. The van der Waals surface area contributed by atoms with Gasteiger partial charge in [-0.25, -0.2) is 4.98 Å². The lowest BCUT2D eigenvalue weighted by Gasteiger charge is -2.09. The molecular weight excluding hydrogens is 378 g/mol. The third kappa shape index (κ3) is 2.81. The third-order valence-electron chi connectivity index (χ3n) is 4.27. The second kappa shape index (κ2) is 6.01. The van der Waals surface area contributed by atoms with E-state index in [-0.39, 0.29) is 5.56 Å². The molecule has 2 heterocycles. The molecule has 0 atom stereocenters. The highest BCUT2D eigenvalue weighted by molar-refractivity contribution is 9.10. The Bertz CT molecular complexity index is 1140. The van der Waals surface area contributed by atoms with Gasteiger partial charge in [-0.15, -0.1) is 0 Å². The number of halogens is 1. The van der Waals surface area contributed by atoms with Crippen molar-refractivity contribution in [1.29, 1.82) is 0 Å². The second-order valence-electron chi connectivity index (χ2n) is 6.13. The number of aryl methyl sites for hydroxylation is 2. The number of nitrogens with zero attached hydrogens (tertiary/aromatic N) is 3. The Balaban J connectivity index is 1.88. The van der Waals surface area contributed by atoms with Gasteiger partial charge in [0.15, 0.2) is 0 Å². The minimum absolute atomic E-state index is 0.127. The summed E-state index contributed by atoms with van der Waals surface area (Å²) in [6, 6.07) is 14.0. The Hall–Kier alpha value is -2.66. The molecule has 25 heavy (non-hydrogen) atoms. The second-order valence-corrected chi connectivity index (χ2v) is 7.04. The van der Waals surface area contributed by atoms with Gasteiger partial charge in [-0.2, -0.15) is 0 Å². The number of hydrogen-bond acceptors (Lipinski definition) is 2. The molecular formula is C20H16BrN3O. The predicted molar refractivity (Wildman–Crippen MR) is 103 cm³/mol. The van der Waals surface area contributed by atoms with E-state index in [1.165, 1.54) is 5.56 Å². The minimum atomic E-state index is -0.127. The van der Waals surface area contributed by atoms with Crippen molar-refractivity contribution in [3.63, 3.8) is 0 Å². The maximum atomic E-state index is 12.9. The highest BCUT2D eigenvalue weighted by Crippen LogP contribution is 2.21.